The number of hydrogen-bond acceptors (Lipinski definition) is 14. The van der Waals surface area contributed by atoms with Crippen LogP contribution in [0.4, 0.5) is 57.1 Å². The van der Waals surface area contributed by atoms with Crippen molar-refractivity contribution in [3.05, 3.63) is 131 Å². The van der Waals surface area contributed by atoms with Crippen molar-refractivity contribution in [1.82, 2.24) is 59.4 Å². The molecule has 3 aromatic carbocycles. The summed E-state index contributed by atoms with van der Waals surface area (Å²) in [6.45, 7) is 2.98. The molecular formula is C48H41F13N12O5. The average Bonchev–Trinajstić information content (AvgIpc) is 4.21. The molecule has 78 heavy (non-hydrogen) atoms. The van der Waals surface area contributed by atoms with Gasteiger partial charge in [-0.3, -0.25) is 0 Å². The summed E-state index contributed by atoms with van der Waals surface area (Å²) in [7, 11) is 4.06. The second-order valence-corrected chi connectivity index (χ2v) is 16.6. The largest absolute Gasteiger partial charge is 0.573 e. The number of nitrogens with zero attached hydrogens (tertiary/aromatic N) is 12. The molecule has 0 bridgehead atoms. The Morgan fingerprint density at radius 1 is 0.474 bits per heavy atom. The van der Waals surface area contributed by atoms with E-state index in [4.69, 9.17) is 14.2 Å². The van der Waals surface area contributed by atoms with Gasteiger partial charge in [0.2, 0.25) is 5.82 Å². The summed E-state index contributed by atoms with van der Waals surface area (Å²) in [6, 6.07) is 20.7. The summed E-state index contributed by atoms with van der Waals surface area (Å²) < 4.78 is 195. The third kappa shape index (κ3) is 13.9. The zero-order chi connectivity index (χ0) is 56.9. The fraction of sp³-hybridized carbons (Fsp3) is 0.312. The number of benzene rings is 3. The molecule has 0 aliphatic heterocycles. The van der Waals surface area contributed by atoms with E-state index in [1.165, 1.54) is 105 Å². The van der Waals surface area contributed by atoms with Gasteiger partial charge in [0.25, 0.3) is 0 Å². The fourth-order valence-corrected chi connectivity index (χ4v) is 7.45. The molecule has 2 atom stereocenters. The lowest BCUT2D eigenvalue weighted by Gasteiger charge is -2.14. The molecule has 0 aliphatic carbocycles. The van der Waals surface area contributed by atoms with Crippen LogP contribution in [0.1, 0.15) is 72.8 Å². The minimum Gasteiger partial charge on any atom is -0.406 e. The van der Waals surface area contributed by atoms with E-state index in [1.54, 1.807) is 24.3 Å². The Bertz CT molecular complexity index is 3520. The normalized spacial score (nSPS) is 13.0. The monoisotopic (exact) mass is 1110 g/mol. The van der Waals surface area contributed by atoms with Gasteiger partial charge in [-0.2, -0.15) is 50.8 Å². The number of fused-ring (bicyclic) bond motifs is 3. The second kappa shape index (κ2) is 23.2. The smallest absolute Gasteiger partial charge is 0.406 e. The first-order valence-electron chi connectivity index (χ1n) is 22.5. The minimum atomic E-state index is -4.81. The molecular weight excluding hydrogens is 1070 g/mol. The highest BCUT2D eigenvalue weighted by molar-refractivity contribution is 5.66. The molecule has 414 valence electrons. The van der Waals surface area contributed by atoms with Gasteiger partial charge in [-0.1, -0.05) is 6.07 Å². The predicted molar refractivity (Wildman–Crippen MR) is 248 cm³/mol. The highest BCUT2D eigenvalue weighted by Crippen LogP contribution is 2.36. The van der Waals surface area contributed by atoms with E-state index >= 15 is 0 Å². The van der Waals surface area contributed by atoms with Crippen LogP contribution in [0.25, 0.3) is 50.7 Å². The van der Waals surface area contributed by atoms with Crippen molar-refractivity contribution in [2.24, 2.45) is 0 Å². The Kier molecular flexibility index (Phi) is 17.2. The van der Waals surface area contributed by atoms with Crippen LogP contribution in [-0.4, -0.2) is 93.5 Å². The van der Waals surface area contributed by atoms with Crippen LogP contribution >= 0.6 is 0 Å². The van der Waals surface area contributed by atoms with Crippen LogP contribution in [0.3, 0.4) is 0 Å². The lowest BCUT2D eigenvalue weighted by Crippen LogP contribution is -2.18. The van der Waals surface area contributed by atoms with Gasteiger partial charge in [0.05, 0.1) is 42.5 Å². The first kappa shape index (κ1) is 57.6. The number of methoxy groups -OCH3 is 3. The van der Waals surface area contributed by atoms with Gasteiger partial charge in [-0.05, 0) is 110 Å². The molecule has 0 amide bonds. The highest BCUT2D eigenvalue weighted by atomic mass is 19.4. The maximum atomic E-state index is 13.6. The molecule has 30 heteroatoms. The summed E-state index contributed by atoms with van der Waals surface area (Å²) in [5, 5.41) is 34.8. The third-order valence-electron chi connectivity index (χ3n) is 10.7. The van der Waals surface area contributed by atoms with Gasteiger partial charge in [0.1, 0.15) is 11.5 Å². The molecule has 17 nitrogen and oxygen atoms in total. The molecule has 0 fully saturated rings. The van der Waals surface area contributed by atoms with E-state index < -0.39 is 48.6 Å². The molecule has 0 saturated heterocycles. The quantitative estimate of drug-likeness (QED) is 0.0940. The highest BCUT2D eigenvalue weighted by Gasteiger charge is 2.35. The summed E-state index contributed by atoms with van der Waals surface area (Å²) in [6.07, 6.45) is -16.9. The first-order valence-corrected chi connectivity index (χ1v) is 22.5. The Morgan fingerprint density at radius 3 is 1.45 bits per heavy atom. The van der Waals surface area contributed by atoms with E-state index in [-0.39, 0.29) is 65.4 Å². The van der Waals surface area contributed by atoms with E-state index in [9.17, 15) is 57.1 Å². The summed E-state index contributed by atoms with van der Waals surface area (Å²) in [5.41, 5.74) is 2.94. The molecule has 6 heterocycles. The fourth-order valence-electron chi connectivity index (χ4n) is 7.45. The maximum absolute atomic E-state index is 13.6. The summed E-state index contributed by atoms with van der Waals surface area (Å²) >= 11 is 0. The Morgan fingerprint density at radius 2 is 0.936 bits per heavy atom. The van der Waals surface area contributed by atoms with E-state index in [0.29, 0.717) is 51.9 Å². The SMILES string of the molecule is COCc1cc(-c2ccc3nnc(C(C)(F)F)n3n2)ccc1C(F)(F)F.COCc1cc(-c2ccc3nnc(C(C)F)n3n2)ccc1OC(F)(F)F.COCc1cc(OC(F)(F)F)ccc1-c1ccc2nnc(C(C)F)n2n1. The molecule has 0 saturated carbocycles. The van der Waals surface area contributed by atoms with Crippen molar-refractivity contribution in [2.75, 3.05) is 21.3 Å². The summed E-state index contributed by atoms with van der Waals surface area (Å²) in [4.78, 5) is 0. The Balaban J connectivity index is 0.000000170. The van der Waals surface area contributed by atoms with Crippen molar-refractivity contribution in [3.8, 4) is 45.3 Å². The molecule has 0 radical (unpaired) electrons. The Hall–Kier alpha value is -8.12. The van der Waals surface area contributed by atoms with Crippen LogP contribution in [0.5, 0.6) is 11.5 Å². The van der Waals surface area contributed by atoms with Gasteiger partial charge < -0.3 is 23.7 Å². The zero-order valence-corrected chi connectivity index (χ0v) is 41.3. The van der Waals surface area contributed by atoms with E-state index in [1.807, 2.05) is 0 Å². The number of alkyl halides is 13. The molecule has 2 unspecified atom stereocenters. The lowest BCUT2D eigenvalue weighted by molar-refractivity contribution is -0.275. The lowest BCUT2D eigenvalue weighted by atomic mass is 10.0. The number of ether oxygens (including phenoxy) is 5. The van der Waals surface area contributed by atoms with Crippen LogP contribution in [0.2, 0.25) is 0 Å². The molecule has 0 spiro atoms. The van der Waals surface area contributed by atoms with Gasteiger partial charge in [0, 0.05) is 50.5 Å². The standard InChI is InChI=1S/C16H13F5N4O.2C16H14F4N4O2/c1-15(17,18)14-23-22-13-6-5-12(24-25(13)14)9-3-4-11(16(19,20)21)10(7-9)8-26-2;1-9(17)15-22-21-14-6-4-12(23-24(14)15)10-3-5-13(26-16(18,19)20)11(7-10)8-25-2;1-9(17)15-22-21-14-6-5-13(23-24(14)15)12-4-3-11(26-16(18,19)20)7-10(12)8-25-2/h3-7H,8H2,1-2H3;2*3-7,9H,8H2,1-2H3. The van der Waals surface area contributed by atoms with E-state index in [0.717, 1.165) is 10.6 Å². The number of hydrogen-bond donors (Lipinski definition) is 0. The maximum Gasteiger partial charge on any atom is 0.573 e. The van der Waals surface area contributed by atoms with Crippen molar-refractivity contribution < 1.29 is 80.8 Å². The summed E-state index contributed by atoms with van der Waals surface area (Å²) in [5.74, 6) is -4.57. The van der Waals surface area contributed by atoms with Crippen LogP contribution in [0.15, 0.2) is 91.0 Å². The van der Waals surface area contributed by atoms with Crippen LogP contribution in [-0.2, 0) is 46.1 Å². The molecule has 0 N–H and O–H groups in total. The zero-order valence-electron chi connectivity index (χ0n) is 41.3. The van der Waals surface area contributed by atoms with Crippen molar-refractivity contribution in [2.45, 2.75) is 77.8 Å². The Labute approximate surface area is 431 Å². The minimum absolute atomic E-state index is 0.0344. The van der Waals surface area contributed by atoms with Crippen molar-refractivity contribution in [1.29, 1.82) is 0 Å². The number of aromatic nitrogens is 12. The predicted octanol–water partition coefficient (Wildman–Crippen LogP) is 11.8. The molecule has 0 aliphatic rings. The molecule has 9 rings (SSSR count). The van der Waals surface area contributed by atoms with Crippen LogP contribution in [0, 0.1) is 0 Å². The van der Waals surface area contributed by atoms with Gasteiger partial charge >= 0.3 is 24.8 Å². The van der Waals surface area contributed by atoms with Crippen LogP contribution < -0.4 is 9.47 Å². The number of halogens is 13. The van der Waals surface area contributed by atoms with Gasteiger partial charge in [-0.15, -0.1) is 56.9 Å². The topological polar surface area (TPSA) is 175 Å². The molecule has 6 aromatic heterocycles. The van der Waals surface area contributed by atoms with Crippen molar-refractivity contribution in [3.63, 3.8) is 0 Å². The van der Waals surface area contributed by atoms with E-state index in [2.05, 4.69) is 55.4 Å². The third-order valence-corrected chi connectivity index (χ3v) is 10.7. The van der Waals surface area contributed by atoms with Gasteiger partial charge in [-0.25, -0.2) is 8.78 Å². The first-order chi connectivity index (χ1) is 36.7. The van der Waals surface area contributed by atoms with Crippen molar-refractivity contribution >= 4 is 16.9 Å². The molecule has 9 aromatic rings. The van der Waals surface area contributed by atoms with Gasteiger partial charge in [0.15, 0.2) is 40.9 Å². The average molecular weight is 1110 g/mol. The second-order valence-electron chi connectivity index (χ2n) is 16.6. The number of rotatable bonds is 14.